The Morgan fingerprint density at radius 2 is 1.67 bits per heavy atom. The van der Waals surface area contributed by atoms with E-state index in [1.165, 1.54) is 0 Å². The molecular weight excluding hydrogens is 117 g/mol. The summed E-state index contributed by atoms with van der Waals surface area (Å²) in [5, 5.41) is 0. The minimum absolute atomic E-state index is 0.00231. The third-order valence-electron chi connectivity index (χ3n) is 2.02. The first-order valence-electron chi connectivity index (χ1n) is 3.33. The fourth-order valence-electron chi connectivity index (χ4n) is 0.526. The molecule has 9 heavy (non-hydrogen) atoms. The number of rotatable bonds is 2. The van der Waals surface area contributed by atoms with Gasteiger partial charge in [0.1, 0.15) is 5.67 Å². The van der Waals surface area contributed by atoms with Crippen molar-refractivity contribution in [1.82, 2.24) is 0 Å². The molecule has 0 spiro atoms. The number of nitrogens with two attached hydrogens (primary N) is 1. The molecule has 0 fully saturated rings. The highest BCUT2D eigenvalue weighted by molar-refractivity contribution is 4.85. The van der Waals surface area contributed by atoms with Crippen LogP contribution in [0.15, 0.2) is 0 Å². The largest absolute Gasteiger partial charge is 0.325 e. The van der Waals surface area contributed by atoms with Crippen LogP contribution in [0.2, 0.25) is 0 Å². The van der Waals surface area contributed by atoms with Crippen LogP contribution in [0.1, 0.15) is 27.7 Å². The first kappa shape index (κ1) is 8.89. The third-order valence-corrected chi connectivity index (χ3v) is 2.02. The Kier molecular flexibility index (Phi) is 2.62. The van der Waals surface area contributed by atoms with E-state index in [0.717, 1.165) is 0 Å². The summed E-state index contributed by atoms with van der Waals surface area (Å²) in [6, 6.07) is -0.377. The maximum atomic E-state index is 13.2. The first-order chi connectivity index (χ1) is 3.89. The van der Waals surface area contributed by atoms with Crippen molar-refractivity contribution in [3.05, 3.63) is 0 Å². The van der Waals surface area contributed by atoms with Crippen LogP contribution in [0.25, 0.3) is 0 Å². The van der Waals surface area contributed by atoms with E-state index < -0.39 is 5.67 Å². The quantitative estimate of drug-likeness (QED) is 0.609. The lowest BCUT2D eigenvalue weighted by Gasteiger charge is -2.28. The van der Waals surface area contributed by atoms with E-state index in [1.807, 2.05) is 13.8 Å². The van der Waals surface area contributed by atoms with Gasteiger partial charge in [0.05, 0.1) is 0 Å². The predicted molar refractivity (Wildman–Crippen MR) is 38.0 cm³/mol. The molecule has 0 aromatic carbocycles. The number of alkyl halides is 1. The smallest absolute Gasteiger partial charge is 0.125 e. The van der Waals surface area contributed by atoms with Crippen LogP contribution in [0.3, 0.4) is 0 Å². The summed E-state index contributed by atoms with van der Waals surface area (Å²) < 4.78 is 13.2. The molecule has 0 bridgehead atoms. The highest BCUT2D eigenvalue weighted by Crippen LogP contribution is 2.23. The van der Waals surface area contributed by atoms with E-state index >= 15 is 0 Å². The maximum absolute atomic E-state index is 13.2. The second-order valence-corrected chi connectivity index (χ2v) is 3.09. The van der Waals surface area contributed by atoms with Gasteiger partial charge in [0.25, 0.3) is 0 Å². The van der Waals surface area contributed by atoms with Gasteiger partial charge in [-0.05, 0) is 19.8 Å². The van der Waals surface area contributed by atoms with Gasteiger partial charge in [-0.1, -0.05) is 13.8 Å². The van der Waals surface area contributed by atoms with E-state index in [4.69, 9.17) is 5.73 Å². The van der Waals surface area contributed by atoms with Crippen molar-refractivity contribution < 1.29 is 4.39 Å². The molecule has 2 N–H and O–H groups in total. The first-order valence-corrected chi connectivity index (χ1v) is 3.33. The normalized spacial score (nSPS) is 21.7. The summed E-state index contributed by atoms with van der Waals surface area (Å²) in [7, 11) is 0. The van der Waals surface area contributed by atoms with Gasteiger partial charge in [0.2, 0.25) is 0 Å². The third kappa shape index (κ3) is 1.94. The second-order valence-electron chi connectivity index (χ2n) is 3.09. The lowest BCUT2D eigenvalue weighted by Crippen LogP contribution is -2.43. The highest BCUT2D eigenvalue weighted by Gasteiger charge is 2.31. The summed E-state index contributed by atoms with van der Waals surface area (Å²) in [6.07, 6.45) is 0. The summed E-state index contributed by atoms with van der Waals surface area (Å²) in [5.74, 6) is -0.00231. The maximum Gasteiger partial charge on any atom is 0.125 e. The molecule has 2 heteroatoms. The van der Waals surface area contributed by atoms with Gasteiger partial charge in [0, 0.05) is 6.04 Å². The van der Waals surface area contributed by atoms with Gasteiger partial charge in [-0.25, -0.2) is 4.39 Å². The van der Waals surface area contributed by atoms with Crippen LogP contribution in [0.5, 0.6) is 0 Å². The van der Waals surface area contributed by atoms with E-state index in [1.54, 1.807) is 13.8 Å². The van der Waals surface area contributed by atoms with Crippen LogP contribution in [-0.2, 0) is 0 Å². The Morgan fingerprint density at radius 1 is 1.33 bits per heavy atom. The summed E-state index contributed by atoms with van der Waals surface area (Å²) in [6.45, 7) is 6.91. The Balaban J connectivity index is 4.01. The Labute approximate surface area is 56.4 Å². The van der Waals surface area contributed by atoms with Crippen molar-refractivity contribution in [3.8, 4) is 0 Å². The molecule has 0 aliphatic carbocycles. The predicted octanol–water partition coefficient (Wildman–Crippen LogP) is 1.72. The zero-order valence-electron chi connectivity index (χ0n) is 6.61. The molecule has 0 aromatic rings. The van der Waals surface area contributed by atoms with Gasteiger partial charge < -0.3 is 5.73 Å². The van der Waals surface area contributed by atoms with Crippen LogP contribution in [-0.4, -0.2) is 11.7 Å². The van der Waals surface area contributed by atoms with Crippen molar-refractivity contribution in [2.75, 3.05) is 0 Å². The SMILES string of the molecule is CC(C)C(C)(F)C(C)N. The molecule has 2 atom stereocenters. The monoisotopic (exact) mass is 133 g/mol. The van der Waals surface area contributed by atoms with Gasteiger partial charge >= 0.3 is 0 Å². The van der Waals surface area contributed by atoms with Crippen LogP contribution >= 0.6 is 0 Å². The lowest BCUT2D eigenvalue weighted by atomic mass is 9.88. The molecule has 0 radical (unpaired) electrons. The molecule has 0 aliphatic heterocycles. The van der Waals surface area contributed by atoms with Crippen LogP contribution in [0, 0.1) is 5.92 Å². The van der Waals surface area contributed by atoms with Crippen molar-refractivity contribution >= 4 is 0 Å². The molecule has 0 saturated heterocycles. The summed E-state index contributed by atoms with van der Waals surface area (Å²) >= 11 is 0. The van der Waals surface area contributed by atoms with E-state index in [2.05, 4.69) is 0 Å². The number of halogens is 1. The average Bonchev–Trinajstić information content (AvgIpc) is 1.65. The summed E-state index contributed by atoms with van der Waals surface area (Å²) in [4.78, 5) is 0. The molecule has 0 amide bonds. The molecule has 0 saturated carbocycles. The Bertz CT molecular complexity index is 76.9. The molecular formula is C7H16FN. The van der Waals surface area contributed by atoms with E-state index in [0.29, 0.717) is 0 Å². The molecule has 0 aliphatic rings. The fourth-order valence-corrected chi connectivity index (χ4v) is 0.526. The molecule has 0 rings (SSSR count). The topological polar surface area (TPSA) is 26.0 Å². The fraction of sp³-hybridized carbons (Fsp3) is 1.00. The van der Waals surface area contributed by atoms with Gasteiger partial charge in [0.15, 0.2) is 0 Å². The molecule has 56 valence electrons. The van der Waals surface area contributed by atoms with Crippen LogP contribution < -0.4 is 5.73 Å². The standard InChI is InChI=1S/C7H16FN/c1-5(2)7(4,8)6(3)9/h5-6H,9H2,1-4H3. The zero-order chi connectivity index (χ0) is 7.65. The van der Waals surface area contributed by atoms with Crippen molar-refractivity contribution in [1.29, 1.82) is 0 Å². The second kappa shape index (κ2) is 2.65. The van der Waals surface area contributed by atoms with E-state index in [-0.39, 0.29) is 12.0 Å². The van der Waals surface area contributed by atoms with Crippen molar-refractivity contribution in [2.24, 2.45) is 11.7 Å². The molecule has 1 nitrogen and oxygen atoms in total. The highest BCUT2D eigenvalue weighted by atomic mass is 19.1. The van der Waals surface area contributed by atoms with Crippen molar-refractivity contribution in [2.45, 2.75) is 39.4 Å². The van der Waals surface area contributed by atoms with Crippen LogP contribution in [0.4, 0.5) is 4.39 Å². The minimum atomic E-state index is -1.22. The molecule has 0 heterocycles. The van der Waals surface area contributed by atoms with Gasteiger partial charge in [-0.3, -0.25) is 0 Å². The van der Waals surface area contributed by atoms with Gasteiger partial charge in [-0.2, -0.15) is 0 Å². The van der Waals surface area contributed by atoms with Gasteiger partial charge in [-0.15, -0.1) is 0 Å². The lowest BCUT2D eigenvalue weighted by molar-refractivity contribution is 0.0967. The Morgan fingerprint density at radius 3 is 1.67 bits per heavy atom. The van der Waals surface area contributed by atoms with E-state index in [9.17, 15) is 4.39 Å². The zero-order valence-corrected chi connectivity index (χ0v) is 6.61. The molecule has 0 aromatic heterocycles. The minimum Gasteiger partial charge on any atom is -0.325 e. The number of hydrogen-bond donors (Lipinski definition) is 1. The number of hydrogen-bond acceptors (Lipinski definition) is 1. The Hall–Kier alpha value is -0.110. The molecule has 2 unspecified atom stereocenters. The summed E-state index contributed by atoms with van der Waals surface area (Å²) in [5.41, 5.74) is 4.17. The average molecular weight is 133 g/mol. The van der Waals surface area contributed by atoms with Crippen molar-refractivity contribution in [3.63, 3.8) is 0 Å².